The van der Waals surface area contributed by atoms with Crippen LogP contribution >= 0.6 is 0 Å². The first kappa shape index (κ1) is 19.9. The van der Waals surface area contributed by atoms with Crippen molar-refractivity contribution in [3.63, 3.8) is 0 Å². The lowest BCUT2D eigenvalue weighted by molar-refractivity contribution is -0.140. The van der Waals surface area contributed by atoms with Crippen molar-refractivity contribution in [2.24, 2.45) is 0 Å². The fraction of sp³-hybridized carbons (Fsp3) is 0.100. The van der Waals surface area contributed by atoms with Crippen molar-refractivity contribution in [1.29, 1.82) is 0 Å². The van der Waals surface area contributed by atoms with Crippen LogP contribution in [0, 0.1) is 0 Å². The van der Waals surface area contributed by atoms with Crippen molar-refractivity contribution in [2.45, 2.75) is 11.1 Å². The monoisotopic (exact) mass is 432 g/mol. The molecule has 0 fully saturated rings. The van der Waals surface area contributed by atoms with Gasteiger partial charge in [-0.25, -0.2) is 12.4 Å². The van der Waals surface area contributed by atoms with Gasteiger partial charge in [0.25, 0.3) is 10.0 Å². The molecule has 0 atom stereocenters. The molecule has 154 valence electrons. The largest absolute Gasteiger partial charge is 0.433 e. The number of pyridine rings is 2. The van der Waals surface area contributed by atoms with Crippen LogP contribution in [0.4, 0.5) is 18.9 Å². The second kappa shape index (κ2) is 7.13. The van der Waals surface area contributed by atoms with E-state index in [-0.39, 0.29) is 21.5 Å². The van der Waals surface area contributed by atoms with E-state index in [9.17, 15) is 21.6 Å². The Labute approximate surface area is 170 Å². The number of hydrogen-bond donors (Lipinski definition) is 1. The van der Waals surface area contributed by atoms with Crippen LogP contribution in [0.2, 0.25) is 0 Å². The molecule has 10 heteroatoms. The van der Waals surface area contributed by atoms with Gasteiger partial charge in [-0.3, -0.25) is 9.97 Å². The molecule has 0 amide bonds. The molecule has 30 heavy (non-hydrogen) atoms. The van der Waals surface area contributed by atoms with Crippen LogP contribution in [0.3, 0.4) is 0 Å². The minimum absolute atomic E-state index is 0.0349. The van der Waals surface area contributed by atoms with Crippen molar-refractivity contribution < 1.29 is 21.6 Å². The molecule has 0 radical (unpaired) electrons. The van der Waals surface area contributed by atoms with E-state index >= 15 is 0 Å². The molecule has 4 aromatic rings. The van der Waals surface area contributed by atoms with E-state index in [4.69, 9.17) is 0 Å². The number of rotatable bonds is 4. The highest BCUT2D eigenvalue weighted by atomic mass is 32.2. The molecule has 6 nitrogen and oxygen atoms in total. The smallest absolute Gasteiger partial charge is 0.386 e. The lowest BCUT2D eigenvalue weighted by atomic mass is 10.0. The summed E-state index contributed by atoms with van der Waals surface area (Å²) in [6, 6.07) is 10.1. The maximum atomic E-state index is 13.4. The molecular formula is C20H15F3N4O2S. The van der Waals surface area contributed by atoms with Crippen molar-refractivity contribution in [1.82, 2.24) is 13.9 Å². The van der Waals surface area contributed by atoms with E-state index in [1.54, 1.807) is 13.1 Å². The van der Waals surface area contributed by atoms with Gasteiger partial charge in [0.2, 0.25) is 0 Å². The van der Waals surface area contributed by atoms with Gasteiger partial charge >= 0.3 is 6.18 Å². The number of aromatic nitrogens is 3. The summed E-state index contributed by atoms with van der Waals surface area (Å²) in [6.07, 6.45) is 0.480. The molecular weight excluding hydrogens is 417 g/mol. The number of nitrogens with one attached hydrogen (secondary N) is 1. The topological polar surface area (TPSA) is 76.9 Å². The highest BCUT2D eigenvalue weighted by Gasteiger charge is 2.35. The molecule has 0 bridgehead atoms. The first-order valence-corrected chi connectivity index (χ1v) is 10.2. The summed E-state index contributed by atoms with van der Waals surface area (Å²) in [7, 11) is -2.38. The predicted molar refractivity (Wildman–Crippen MR) is 107 cm³/mol. The fourth-order valence-corrected chi connectivity index (χ4v) is 4.57. The van der Waals surface area contributed by atoms with Gasteiger partial charge in [-0.15, -0.1) is 0 Å². The van der Waals surface area contributed by atoms with Gasteiger partial charge in [0.15, 0.2) is 5.69 Å². The van der Waals surface area contributed by atoms with Crippen LogP contribution < -0.4 is 5.32 Å². The Bertz CT molecular complexity index is 1330. The number of hydrogen-bond acceptors (Lipinski definition) is 5. The van der Waals surface area contributed by atoms with Crippen LogP contribution in [0.5, 0.6) is 0 Å². The Kier molecular flexibility index (Phi) is 4.73. The van der Waals surface area contributed by atoms with E-state index in [2.05, 4.69) is 15.3 Å². The van der Waals surface area contributed by atoms with Crippen molar-refractivity contribution in [3.8, 4) is 11.1 Å². The number of nitrogens with zero attached hydrogens (tertiary/aromatic N) is 3. The van der Waals surface area contributed by atoms with E-state index in [0.29, 0.717) is 11.1 Å². The number of anilines is 1. The van der Waals surface area contributed by atoms with Crippen molar-refractivity contribution in [2.75, 3.05) is 12.4 Å². The van der Waals surface area contributed by atoms with E-state index < -0.39 is 21.9 Å². The Morgan fingerprint density at radius 1 is 1.07 bits per heavy atom. The molecule has 1 aromatic carbocycles. The number of halogens is 3. The Morgan fingerprint density at radius 2 is 1.83 bits per heavy atom. The average Bonchev–Trinajstić information content (AvgIpc) is 3.12. The molecule has 0 saturated carbocycles. The first-order valence-electron chi connectivity index (χ1n) is 8.74. The average molecular weight is 432 g/mol. The zero-order valence-electron chi connectivity index (χ0n) is 15.6. The fourth-order valence-electron chi connectivity index (χ4n) is 3.24. The first-order chi connectivity index (χ1) is 14.2. The third-order valence-electron chi connectivity index (χ3n) is 4.62. The Hall–Kier alpha value is -3.40. The quantitative estimate of drug-likeness (QED) is 0.517. The van der Waals surface area contributed by atoms with Gasteiger partial charge in [-0.05, 0) is 29.8 Å². The zero-order valence-corrected chi connectivity index (χ0v) is 16.4. The molecule has 0 aliphatic carbocycles. The minimum atomic E-state index is -4.65. The number of fused-ring (bicyclic) bond motifs is 1. The summed E-state index contributed by atoms with van der Waals surface area (Å²) < 4.78 is 67.6. The lowest BCUT2D eigenvalue weighted by Gasteiger charge is -2.12. The highest BCUT2D eigenvalue weighted by molar-refractivity contribution is 7.90. The summed E-state index contributed by atoms with van der Waals surface area (Å²) in [5.74, 6) is 0. The van der Waals surface area contributed by atoms with E-state index in [1.807, 2.05) is 0 Å². The molecule has 0 aliphatic rings. The van der Waals surface area contributed by atoms with Gasteiger partial charge in [0, 0.05) is 42.8 Å². The lowest BCUT2D eigenvalue weighted by Crippen LogP contribution is -2.12. The molecule has 0 spiro atoms. The molecule has 0 saturated heterocycles. The molecule has 3 heterocycles. The van der Waals surface area contributed by atoms with Gasteiger partial charge in [-0.2, -0.15) is 13.2 Å². The third kappa shape index (κ3) is 3.28. The Balaban J connectivity index is 1.98. The van der Waals surface area contributed by atoms with Crippen LogP contribution in [-0.2, 0) is 16.2 Å². The summed E-state index contributed by atoms with van der Waals surface area (Å²) in [6.45, 7) is 0. The predicted octanol–water partition coefficient (Wildman–Crippen LogP) is 4.40. The third-order valence-corrected chi connectivity index (χ3v) is 6.28. The molecule has 0 aliphatic heterocycles. The van der Waals surface area contributed by atoms with Crippen LogP contribution in [0.15, 0.2) is 72.1 Å². The summed E-state index contributed by atoms with van der Waals surface area (Å²) in [5, 5.41) is 3.46. The summed E-state index contributed by atoms with van der Waals surface area (Å²) >= 11 is 0. The van der Waals surface area contributed by atoms with Gasteiger partial charge in [-0.1, -0.05) is 18.2 Å². The maximum absolute atomic E-state index is 13.4. The highest BCUT2D eigenvalue weighted by Crippen LogP contribution is 2.38. The molecule has 3 aromatic heterocycles. The van der Waals surface area contributed by atoms with Gasteiger partial charge in [0.1, 0.15) is 4.90 Å². The molecule has 4 rings (SSSR count). The minimum Gasteiger partial charge on any atom is -0.386 e. The number of alkyl halides is 3. The van der Waals surface area contributed by atoms with Gasteiger partial charge < -0.3 is 5.32 Å². The molecule has 0 unspecified atom stereocenters. The number of benzene rings is 1. The van der Waals surface area contributed by atoms with Gasteiger partial charge in [0.05, 0.1) is 11.2 Å². The van der Waals surface area contributed by atoms with E-state index in [1.165, 1.54) is 55.0 Å². The van der Waals surface area contributed by atoms with E-state index in [0.717, 1.165) is 10.2 Å². The normalized spacial score (nSPS) is 12.3. The van der Waals surface area contributed by atoms with Crippen molar-refractivity contribution in [3.05, 3.63) is 72.9 Å². The molecule has 1 N–H and O–H groups in total. The summed E-state index contributed by atoms with van der Waals surface area (Å²) in [5.41, 5.74) is -0.217. The zero-order chi connectivity index (χ0) is 21.5. The standard InChI is InChI=1S/C20H15F3N4O2S/c1-24-17-12-27(30(28,29)14-4-2-8-25-11-14)18-10-13(6-7-16(17)18)15-5-3-9-26-19(15)20(21,22)23/h2-12,24H,1H3. The second-order valence-electron chi connectivity index (χ2n) is 6.41. The maximum Gasteiger partial charge on any atom is 0.433 e. The Morgan fingerprint density at radius 3 is 2.50 bits per heavy atom. The van der Waals surface area contributed by atoms with Crippen molar-refractivity contribution >= 4 is 26.6 Å². The SMILES string of the molecule is CNc1cn(S(=O)(=O)c2cccnc2)c2cc(-c3cccnc3C(F)(F)F)ccc12. The van der Waals surface area contributed by atoms with Crippen LogP contribution in [-0.4, -0.2) is 29.4 Å². The second-order valence-corrected chi connectivity index (χ2v) is 8.23. The van der Waals surface area contributed by atoms with Crippen LogP contribution in [0.25, 0.3) is 22.0 Å². The van der Waals surface area contributed by atoms with Crippen LogP contribution in [0.1, 0.15) is 5.69 Å². The summed E-state index contributed by atoms with van der Waals surface area (Å²) in [4.78, 5) is 7.29.